The summed E-state index contributed by atoms with van der Waals surface area (Å²) in [6, 6.07) is 6.05. The molecule has 0 aliphatic carbocycles. The van der Waals surface area contributed by atoms with E-state index in [0.29, 0.717) is 5.02 Å². The van der Waals surface area contributed by atoms with E-state index < -0.39 is 0 Å². The maximum atomic E-state index is 6.14. The predicted molar refractivity (Wildman–Crippen MR) is 70.7 cm³/mol. The standard InChI is InChI=1S/C13H12ClN3O/c1-18-10-2-3-12-9(6-10)4-5-17(12)13-11(14)7-15-8-16-13/h2-3,6-8H,4-5H2,1H3. The second-order valence-electron chi connectivity index (χ2n) is 4.09. The van der Waals surface area contributed by atoms with E-state index in [1.54, 1.807) is 13.3 Å². The topological polar surface area (TPSA) is 38.2 Å². The number of benzene rings is 1. The summed E-state index contributed by atoms with van der Waals surface area (Å²) in [6.45, 7) is 0.874. The van der Waals surface area contributed by atoms with Crippen LogP contribution in [0.1, 0.15) is 5.56 Å². The molecule has 2 aromatic rings. The molecular weight excluding hydrogens is 250 g/mol. The van der Waals surface area contributed by atoms with Crippen LogP contribution in [-0.2, 0) is 6.42 Å². The normalized spacial score (nSPS) is 13.6. The van der Waals surface area contributed by atoms with Crippen LogP contribution in [0, 0.1) is 0 Å². The second-order valence-corrected chi connectivity index (χ2v) is 4.50. The molecule has 0 fully saturated rings. The number of hydrogen-bond acceptors (Lipinski definition) is 4. The molecule has 0 saturated heterocycles. The third-order valence-corrected chi connectivity index (χ3v) is 3.35. The molecule has 1 aromatic heterocycles. The van der Waals surface area contributed by atoms with Crippen LogP contribution in [0.4, 0.5) is 11.5 Å². The fourth-order valence-corrected chi connectivity index (χ4v) is 2.44. The molecule has 0 atom stereocenters. The molecule has 0 N–H and O–H groups in total. The predicted octanol–water partition coefficient (Wildman–Crippen LogP) is 2.83. The highest BCUT2D eigenvalue weighted by Crippen LogP contribution is 2.37. The number of fused-ring (bicyclic) bond motifs is 1. The first-order valence-electron chi connectivity index (χ1n) is 5.69. The van der Waals surface area contributed by atoms with Crippen molar-refractivity contribution < 1.29 is 4.74 Å². The molecule has 1 aliphatic heterocycles. The van der Waals surface area contributed by atoms with Crippen LogP contribution in [0.15, 0.2) is 30.7 Å². The Bertz CT molecular complexity index is 588. The van der Waals surface area contributed by atoms with Crippen molar-refractivity contribution in [3.05, 3.63) is 41.3 Å². The molecule has 0 bridgehead atoms. The molecule has 2 heterocycles. The summed E-state index contributed by atoms with van der Waals surface area (Å²) >= 11 is 6.14. The van der Waals surface area contributed by atoms with Crippen LogP contribution in [0.5, 0.6) is 5.75 Å². The number of ether oxygens (including phenoxy) is 1. The van der Waals surface area contributed by atoms with Crippen LogP contribution in [0.25, 0.3) is 0 Å². The Kier molecular flexibility index (Phi) is 2.80. The van der Waals surface area contributed by atoms with Gasteiger partial charge in [-0.25, -0.2) is 9.97 Å². The fourth-order valence-electron chi connectivity index (χ4n) is 2.23. The van der Waals surface area contributed by atoms with Crippen molar-refractivity contribution in [2.45, 2.75) is 6.42 Å². The number of aromatic nitrogens is 2. The van der Waals surface area contributed by atoms with E-state index in [1.807, 2.05) is 12.1 Å². The number of hydrogen-bond donors (Lipinski definition) is 0. The van der Waals surface area contributed by atoms with E-state index in [4.69, 9.17) is 16.3 Å². The van der Waals surface area contributed by atoms with Crippen molar-refractivity contribution >= 4 is 23.1 Å². The number of nitrogens with zero attached hydrogens (tertiary/aromatic N) is 3. The van der Waals surface area contributed by atoms with Gasteiger partial charge in [0.05, 0.1) is 13.3 Å². The summed E-state index contributed by atoms with van der Waals surface area (Å²) in [5.41, 5.74) is 2.39. The Labute approximate surface area is 110 Å². The molecule has 4 nitrogen and oxygen atoms in total. The molecule has 1 aromatic carbocycles. The van der Waals surface area contributed by atoms with Crippen molar-refractivity contribution in [1.29, 1.82) is 0 Å². The summed E-state index contributed by atoms with van der Waals surface area (Å²) in [4.78, 5) is 10.3. The van der Waals surface area contributed by atoms with Crippen molar-refractivity contribution in [3.8, 4) is 5.75 Å². The van der Waals surface area contributed by atoms with E-state index >= 15 is 0 Å². The molecule has 0 amide bonds. The number of anilines is 2. The minimum atomic E-state index is 0.571. The highest BCUT2D eigenvalue weighted by Gasteiger charge is 2.23. The fraction of sp³-hybridized carbons (Fsp3) is 0.231. The van der Waals surface area contributed by atoms with E-state index in [0.717, 1.165) is 30.2 Å². The molecule has 0 spiro atoms. The van der Waals surface area contributed by atoms with Gasteiger partial charge in [-0.3, -0.25) is 0 Å². The van der Waals surface area contributed by atoms with Crippen LogP contribution in [0.3, 0.4) is 0 Å². The zero-order chi connectivity index (χ0) is 12.5. The Balaban J connectivity index is 2.03. The quantitative estimate of drug-likeness (QED) is 0.833. The summed E-state index contributed by atoms with van der Waals surface area (Å²) in [7, 11) is 1.68. The minimum absolute atomic E-state index is 0.571. The SMILES string of the molecule is COc1ccc2c(c1)CCN2c1ncncc1Cl. The van der Waals surface area contributed by atoms with Gasteiger partial charge >= 0.3 is 0 Å². The molecule has 92 valence electrons. The van der Waals surface area contributed by atoms with E-state index in [-0.39, 0.29) is 0 Å². The monoisotopic (exact) mass is 261 g/mol. The summed E-state index contributed by atoms with van der Waals surface area (Å²) in [5.74, 6) is 1.64. The van der Waals surface area contributed by atoms with Crippen molar-refractivity contribution in [3.63, 3.8) is 0 Å². The number of halogens is 1. The molecule has 0 saturated carbocycles. The average molecular weight is 262 g/mol. The van der Waals surface area contributed by atoms with Crippen molar-refractivity contribution in [1.82, 2.24) is 9.97 Å². The molecule has 5 heteroatoms. The van der Waals surface area contributed by atoms with Gasteiger partial charge in [-0.1, -0.05) is 11.6 Å². The van der Waals surface area contributed by atoms with Crippen LogP contribution < -0.4 is 9.64 Å². The van der Waals surface area contributed by atoms with Crippen molar-refractivity contribution in [2.75, 3.05) is 18.6 Å². The van der Waals surface area contributed by atoms with Crippen molar-refractivity contribution in [2.24, 2.45) is 0 Å². The van der Waals surface area contributed by atoms with Gasteiger partial charge in [0, 0.05) is 12.2 Å². The first-order valence-corrected chi connectivity index (χ1v) is 6.07. The van der Waals surface area contributed by atoms with E-state index in [1.165, 1.54) is 11.9 Å². The third-order valence-electron chi connectivity index (χ3n) is 3.09. The van der Waals surface area contributed by atoms with Gasteiger partial charge in [-0.2, -0.15) is 0 Å². The van der Waals surface area contributed by atoms with Gasteiger partial charge in [0.15, 0.2) is 5.82 Å². The van der Waals surface area contributed by atoms with E-state index in [2.05, 4.69) is 20.9 Å². The third kappa shape index (κ3) is 1.78. The zero-order valence-corrected chi connectivity index (χ0v) is 10.7. The molecule has 18 heavy (non-hydrogen) atoms. The number of methoxy groups -OCH3 is 1. The lowest BCUT2D eigenvalue weighted by atomic mass is 10.1. The zero-order valence-electron chi connectivity index (χ0n) is 9.93. The van der Waals surface area contributed by atoms with E-state index in [9.17, 15) is 0 Å². The molecule has 0 radical (unpaired) electrons. The summed E-state index contributed by atoms with van der Waals surface area (Å²) < 4.78 is 5.23. The Morgan fingerprint density at radius 2 is 2.28 bits per heavy atom. The lowest BCUT2D eigenvalue weighted by Gasteiger charge is -2.19. The molecule has 0 unspecified atom stereocenters. The average Bonchev–Trinajstić information content (AvgIpc) is 2.82. The number of rotatable bonds is 2. The maximum Gasteiger partial charge on any atom is 0.155 e. The smallest absolute Gasteiger partial charge is 0.155 e. The first-order chi connectivity index (χ1) is 8.79. The van der Waals surface area contributed by atoms with Crippen LogP contribution >= 0.6 is 11.6 Å². The Hall–Kier alpha value is -1.81. The maximum absolute atomic E-state index is 6.14. The molecule has 1 aliphatic rings. The van der Waals surface area contributed by atoms with Crippen LogP contribution in [0.2, 0.25) is 5.02 Å². The van der Waals surface area contributed by atoms with Gasteiger partial charge in [-0.05, 0) is 30.2 Å². The van der Waals surface area contributed by atoms with Gasteiger partial charge in [0.25, 0.3) is 0 Å². The van der Waals surface area contributed by atoms with Gasteiger partial charge in [0.2, 0.25) is 0 Å². The molecule has 3 rings (SSSR count). The minimum Gasteiger partial charge on any atom is -0.497 e. The first kappa shape index (κ1) is 11.3. The largest absolute Gasteiger partial charge is 0.497 e. The van der Waals surface area contributed by atoms with Gasteiger partial charge < -0.3 is 9.64 Å². The second kappa shape index (κ2) is 4.46. The summed E-state index contributed by atoms with van der Waals surface area (Å²) in [6.07, 6.45) is 4.10. The van der Waals surface area contributed by atoms with Gasteiger partial charge in [-0.15, -0.1) is 0 Å². The molecular formula is C13H12ClN3O. The Morgan fingerprint density at radius 3 is 3.06 bits per heavy atom. The highest BCUT2D eigenvalue weighted by molar-refractivity contribution is 6.33. The summed E-state index contributed by atoms with van der Waals surface area (Å²) in [5, 5.41) is 0.571. The highest BCUT2D eigenvalue weighted by atomic mass is 35.5. The lowest BCUT2D eigenvalue weighted by Crippen LogP contribution is -2.15. The Morgan fingerprint density at radius 1 is 1.39 bits per heavy atom. The lowest BCUT2D eigenvalue weighted by molar-refractivity contribution is 0.414. The van der Waals surface area contributed by atoms with Crippen LogP contribution in [-0.4, -0.2) is 23.6 Å². The van der Waals surface area contributed by atoms with Gasteiger partial charge in [0.1, 0.15) is 17.1 Å².